The zero-order chi connectivity index (χ0) is 20.5. The number of ether oxygens (including phenoxy) is 1. The van der Waals surface area contributed by atoms with Crippen molar-refractivity contribution in [1.82, 2.24) is 0 Å². The highest BCUT2D eigenvalue weighted by atomic mass is 19.1. The van der Waals surface area contributed by atoms with Crippen LogP contribution in [0.25, 0.3) is 11.1 Å². The maximum absolute atomic E-state index is 13.5. The third kappa shape index (κ3) is 3.65. The van der Waals surface area contributed by atoms with E-state index in [1.165, 1.54) is 17.7 Å². The Morgan fingerprint density at radius 1 is 1.00 bits per heavy atom. The minimum Gasteiger partial charge on any atom is -0.480 e. The minimum atomic E-state index is -0.277. The van der Waals surface area contributed by atoms with E-state index in [-0.39, 0.29) is 11.9 Å². The van der Waals surface area contributed by atoms with Crippen LogP contribution in [0.15, 0.2) is 66.7 Å². The van der Waals surface area contributed by atoms with Gasteiger partial charge in [-0.1, -0.05) is 50.2 Å². The van der Waals surface area contributed by atoms with E-state index in [4.69, 9.17) is 10.5 Å². The highest BCUT2D eigenvalue weighted by molar-refractivity contribution is 5.95. The van der Waals surface area contributed by atoms with E-state index in [0.29, 0.717) is 11.6 Å². The minimum absolute atomic E-state index is 0.244. The Morgan fingerprint density at radius 2 is 1.69 bits per heavy atom. The largest absolute Gasteiger partial charge is 0.480 e. The van der Waals surface area contributed by atoms with Gasteiger partial charge in [-0.15, -0.1) is 0 Å². The second-order valence-corrected chi connectivity index (χ2v) is 7.78. The summed E-state index contributed by atoms with van der Waals surface area (Å²) in [5, 5.41) is 0. The number of nitrogen functional groups attached to an aromatic ring is 1. The summed E-state index contributed by atoms with van der Waals surface area (Å²) in [6, 6.07) is 21.0. The Balaban J connectivity index is 1.84. The molecule has 2 N–H and O–H groups in total. The van der Waals surface area contributed by atoms with E-state index in [1.54, 1.807) is 0 Å². The van der Waals surface area contributed by atoms with Crippen LogP contribution in [0.1, 0.15) is 61.5 Å². The first-order valence-electron chi connectivity index (χ1n) is 10.1. The summed E-state index contributed by atoms with van der Waals surface area (Å²) in [5.41, 5.74) is 13.2. The maximum Gasteiger partial charge on any atom is 0.150 e. The van der Waals surface area contributed by atoms with Crippen molar-refractivity contribution >= 4 is 16.8 Å². The van der Waals surface area contributed by atoms with Crippen molar-refractivity contribution in [1.29, 1.82) is 0 Å². The first-order chi connectivity index (χ1) is 14.0. The highest BCUT2D eigenvalue weighted by Crippen LogP contribution is 2.47. The van der Waals surface area contributed by atoms with Crippen LogP contribution in [0, 0.1) is 5.82 Å². The lowest BCUT2D eigenvalue weighted by molar-refractivity contribution is 0.260. The number of fused-ring (bicyclic) bond motifs is 1. The zero-order valence-electron chi connectivity index (χ0n) is 17.1. The van der Waals surface area contributed by atoms with Gasteiger partial charge in [-0.3, -0.25) is 0 Å². The fraction of sp³-hybridized carbons (Fsp3) is 0.231. The van der Waals surface area contributed by atoms with Crippen molar-refractivity contribution < 1.29 is 9.13 Å². The standard InChI is InChI=1S/C26H26FNO/c1-4-16(2)18-5-7-20(8-6-18)26-25(19-9-11-21(27)12-10-19)17(3)23-14-13-22(28)15-24(23)29-26/h5-16,26H,4,28H2,1-3H3. The summed E-state index contributed by atoms with van der Waals surface area (Å²) < 4.78 is 20.0. The van der Waals surface area contributed by atoms with Gasteiger partial charge in [0, 0.05) is 22.9 Å². The summed E-state index contributed by atoms with van der Waals surface area (Å²) in [4.78, 5) is 0. The van der Waals surface area contributed by atoms with E-state index in [2.05, 4.69) is 45.0 Å². The molecule has 3 heteroatoms. The molecule has 2 nitrogen and oxygen atoms in total. The topological polar surface area (TPSA) is 35.2 Å². The van der Waals surface area contributed by atoms with E-state index in [9.17, 15) is 4.39 Å². The molecule has 3 aromatic carbocycles. The molecule has 0 saturated heterocycles. The predicted octanol–water partition coefficient (Wildman–Crippen LogP) is 6.99. The van der Waals surface area contributed by atoms with Gasteiger partial charge in [0.1, 0.15) is 17.7 Å². The van der Waals surface area contributed by atoms with Crippen LogP contribution in [0.2, 0.25) is 0 Å². The zero-order valence-corrected chi connectivity index (χ0v) is 17.1. The highest BCUT2D eigenvalue weighted by Gasteiger charge is 2.29. The van der Waals surface area contributed by atoms with Crippen LogP contribution in [-0.2, 0) is 0 Å². The van der Waals surface area contributed by atoms with Gasteiger partial charge in [-0.2, -0.15) is 0 Å². The summed E-state index contributed by atoms with van der Waals surface area (Å²) in [5.74, 6) is 1.06. The second-order valence-electron chi connectivity index (χ2n) is 7.78. The molecule has 0 fully saturated rings. The van der Waals surface area contributed by atoms with E-state index >= 15 is 0 Å². The summed E-state index contributed by atoms with van der Waals surface area (Å²) in [6.07, 6.45) is 0.826. The molecule has 0 saturated carbocycles. The number of allylic oxidation sites excluding steroid dienone is 1. The van der Waals surface area contributed by atoms with Gasteiger partial charge in [0.25, 0.3) is 0 Å². The van der Waals surface area contributed by atoms with Gasteiger partial charge >= 0.3 is 0 Å². The maximum atomic E-state index is 13.5. The average Bonchev–Trinajstić information content (AvgIpc) is 2.74. The molecule has 4 rings (SSSR count). The molecule has 0 bridgehead atoms. The third-order valence-electron chi connectivity index (χ3n) is 5.90. The number of rotatable bonds is 4. The number of nitrogens with two attached hydrogens (primary N) is 1. The van der Waals surface area contributed by atoms with E-state index in [0.717, 1.165) is 40.0 Å². The summed E-state index contributed by atoms with van der Waals surface area (Å²) in [6.45, 7) is 6.53. The second kappa shape index (κ2) is 7.75. The van der Waals surface area contributed by atoms with Crippen LogP contribution in [0.4, 0.5) is 10.1 Å². The van der Waals surface area contributed by atoms with Crippen molar-refractivity contribution in [2.45, 2.75) is 39.2 Å². The molecule has 0 radical (unpaired) electrons. The van der Waals surface area contributed by atoms with Crippen molar-refractivity contribution in [3.05, 3.63) is 94.8 Å². The fourth-order valence-corrected chi connectivity index (χ4v) is 3.94. The molecule has 1 heterocycles. The first-order valence-corrected chi connectivity index (χ1v) is 10.1. The van der Waals surface area contributed by atoms with Crippen molar-refractivity contribution in [2.24, 2.45) is 0 Å². The number of anilines is 1. The molecule has 3 aromatic rings. The monoisotopic (exact) mass is 387 g/mol. The molecule has 2 atom stereocenters. The van der Waals surface area contributed by atoms with Gasteiger partial charge in [0.05, 0.1) is 0 Å². The Kier molecular flexibility index (Phi) is 5.14. The third-order valence-corrected chi connectivity index (χ3v) is 5.90. The van der Waals surface area contributed by atoms with Crippen LogP contribution in [-0.4, -0.2) is 0 Å². The number of benzene rings is 3. The molecule has 2 unspecified atom stereocenters. The molecule has 0 aromatic heterocycles. The molecule has 29 heavy (non-hydrogen) atoms. The molecule has 0 spiro atoms. The van der Waals surface area contributed by atoms with E-state index < -0.39 is 0 Å². The Bertz CT molecular complexity index is 1050. The Labute approximate surface area is 171 Å². The number of hydrogen-bond donors (Lipinski definition) is 1. The first kappa shape index (κ1) is 19.3. The number of halogens is 1. The molecule has 148 valence electrons. The van der Waals surface area contributed by atoms with Crippen molar-refractivity contribution in [2.75, 3.05) is 5.73 Å². The lowest BCUT2D eigenvalue weighted by Crippen LogP contribution is -2.16. The molecule has 1 aliphatic heterocycles. The van der Waals surface area contributed by atoms with Gasteiger partial charge in [-0.25, -0.2) is 4.39 Å². The predicted molar refractivity (Wildman–Crippen MR) is 118 cm³/mol. The average molecular weight is 387 g/mol. The Morgan fingerprint density at radius 3 is 2.34 bits per heavy atom. The fourth-order valence-electron chi connectivity index (χ4n) is 3.94. The van der Waals surface area contributed by atoms with E-state index in [1.807, 2.05) is 30.3 Å². The van der Waals surface area contributed by atoms with Crippen LogP contribution in [0.5, 0.6) is 5.75 Å². The summed E-state index contributed by atoms with van der Waals surface area (Å²) >= 11 is 0. The van der Waals surface area contributed by atoms with Gasteiger partial charge < -0.3 is 10.5 Å². The molecular weight excluding hydrogens is 361 g/mol. The molecule has 1 aliphatic rings. The lowest BCUT2D eigenvalue weighted by atomic mass is 9.85. The van der Waals surface area contributed by atoms with Gasteiger partial charge in [0.15, 0.2) is 0 Å². The van der Waals surface area contributed by atoms with Crippen LogP contribution >= 0.6 is 0 Å². The number of hydrogen-bond acceptors (Lipinski definition) is 2. The lowest BCUT2D eigenvalue weighted by Gasteiger charge is -2.31. The molecule has 0 amide bonds. The summed E-state index contributed by atoms with van der Waals surface area (Å²) in [7, 11) is 0. The molecular formula is C26H26FNO. The Hall–Kier alpha value is -3.07. The smallest absolute Gasteiger partial charge is 0.150 e. The molecule has 0 aliphatic carbocycles. The van der Waals surface area contributed by atoms with Crippen molar-refractivity contribution in [3.63, 3.8) is 0 Å². The van der Waals surface area contributed by atoms with Gasteiger partial charge in [0.2, 0.25) is 0 Å². The van der Waals surface area contributed by atoms with Crippen molar-refractivity contribution in [3.8, 4) is 5.75 Å². The van der Waals surface area contributed by atoms with Crippen LogP contribution < -0.4 is 10.5 Å². The normalized spacial score (nSPS) is 16.9. The van der Waals surface area contributed by atoms with Gasteiger partial charge in [-0.05, 0) is 65.8 Å². The quantitative estimate of drug-likeness (QED) is 0.490. The van der Waals surface area contributed by atoms with Crippen LogP contribution in [0.3, 0.4) is 0 Å². The SMILES string of the molecule is CCC(C)c1ccc(C2Oc3cc(N)ccc3C(C)=C2c2ccc(F)cc2)cc1.